The maximum atomic E-state index is 12.9. The minimum atomic E-state index is -0.695. The number of likely N-dealkylation sites (tertiary alicyclic amines) is 1. The van der Waals surface area contributed by atoms with Crippen molar-refractivity contribution in [1.82, 2.24) is 9.88 Å². The van der Waals surface area contributed by atoms with E-state index in [9.17, 15) is 14.7 Å². The molecular weight excluding hydrogens is 384 g/mol. The predicted octanol–water partition coefficient (Wildman–Crippen LogP) is 2.86. The third kappa shape index (κ3) is 3.57. The minimum Gasteiger partial charge on any atom is -0.507 e. The van der Waals surface area contributed by atoms with Gasteiger partial charge in [0, 0.05) is 44.6 Å². The summed E-state index contributed by atoms with van der Waals surface area (Å²) in [7, 11) is 1.59. The first-order valence-electron chi connectivity index (χ1n) is 9.98. The van der Waals surface area contributed by atoms with Crippen molar-refractivity contribution in [2.45, 2.75) is 31.9 Å². The molecule has 0 aliphatic carbocycles. The monoisotopic (exact) mass is 408 g/mol. The Morgan fingerprint density at radius 3 is 2.90 bits per heavy atom. The number of carbonyl (C=O) groups is 2. The molecule has 156 valence electrons. The molecule has 1 N–H and O–H groups in total. The first kappa shape index (κ1) is 20.1. The van der Waals surface area contributed by atoms with Gasteiger partial charge in [0.15, 0.2) is 0 Å². The van der Waals surface area contributed by atoms with Crippen LogP contribution in [0.15, 0.2) is 48.3 Å². The van der Waals surface area contributed by atoms with Crippen molar-refractivity contribution in [2.75, 3.05) is 20.3 Å². The van der Waals surface area contributed by atoms with E-state index < -0.39 is 17.7 Å². The van der Waals surface area contributed by atoms with Crippen LogP contribution < -0.4 is 4.74 Å². The smallest absolute Gasteiger partial charge is 0.295 e. The number of hydrogen-bond donors (Lipinski definition) is 1. The molecule has 1 saturated heterocycles. The zero-order valence-corrected chi connectivity index (χ0v) is 17.0. The molecule has 0 bridgehead atoms. The molecule has 3 heterocycles. The van der Waals surface area contributed by atoms with Crippen LogP contribution in [0.3, 0.4) is 0 Å². The molecule has 2 aliphatic rings. The summed E-state index contributed by atoms with van der Waals surface area (Å²) in [4.78, 5) is 31.4. The van der Waals surface area contributed by atoms with Crippen LogP contribution in [0.5, 0.6) is 5.75 Å². The summed E-state index contributed by atoms with van der Waals surface area (Å²) < 4.78 is 10.8. The van der Waals surface area contributed by atoms with Gasteiger partial charge in [0.25, 0.3) is 11.7 Å². The lowest BCUT2D eigenvalue weighted by molar-refractivity contribution is -0.140. The Hall–Kier alpha value is -3.19. The van der Waals surface area contributed by atoms with Gasteiger partial charge in [0.05, 0.1) is 11.6 Å². The zero-order valence-electron chi connectivity index (χ0n) is 17.0. The topological polar surface area (TPSA) is 89.0 Å². The standard InChI is InChI=1S/C23H24N2O5/c1-14-11-17-12-15(6-7-18(17)30-14)21(26)19-20(16-5-3-8-24-13-16)25(9-4-10-29-2)23(28)22(19)27/h3,5-8,12-14,20,26H,4,9-11H2,1-2H3/b21-19-. The molecule has 2 unspecified atom stereocenters. The number of carbonyl (C=O) groups excluding carboxylic acids is 2. The van der Waals surface area contributed by atoms with Crippen molar-refractivity contribution in [2.24, 2.45) is 0 Å². The summed E-state index contributed by atoms with van der Waals surface area (Å²) in [5, 5.41) is 11.1. The molecule has 2 atom stereocenters. The third-order valence-electron chi connectivity index (χ3n) is 5.46. The van der Waals surface area contributed by atoms with Gasteiger partial charge < -0.3 is 19.5 Å². The van der Waals surface area contributed by atoms with Gasteiger partial charge in [-0.1, -0.05) is 6.07 Å². The van der Waals surface area contributed by atoms with Gasteiger partial charge in [-0.25, -0.2) is 0 Å². The molecule has 0 saturated carbocycles. The van der Waals surface area contributed by atoms with Crippen molar-refractivity contribution in [1.29, 1.82) is 0 Å². The lowest BCUT2D eigenvalue weighted by Crippen LogP contribution is -2.31. The molecule has 7 nitrogen and oxygen atoms in total. The highest BCUT2D eigenvalue weighted by Crippen LogP contribution is 2.40. The maximum absolute atomic E-state index is 12.9. The van der Waals surface area contributed by atoms with E-state index >= 15 is 0 Å². The number of Topliss-reactive ketones (excluding diaryl/α,β-unsaturated/α-hetero) is 1. The van der Waals surface area contributed by atoms with Crippen LogP contribution in [0.4, 0.5) is 0 Å². The number of methoxy groups -OCH3 is 1. The Balaban J connectivity index is 1.78. The lowest BCUT2D eigenvalue weighted by atomic mass is 9.95. The van der Waals surface area contributed by atoms with Crippen LogP contribution in [0.25, 0.3) is 5.76 Å². The molecule has 1 amide bonds. The van der Waals surface area contributed by atoms with Crippen molar-refractivity contribution in [3.63, 3.8) is 0 Å². The van der Waals surface area contributed by atoms with Gasteiger partial charge >= 0.3 is 0 Å². The molecule has 2 aliphatic heterocycles. The molecule has 1 aromatic carbocycles. The molecule has 0 spiro atoms. The first-order valence-corrected chi connectivity index (χ1v) is 9.98. The number of rotatable bonds is 6. The SMILES string of the molecule is COCCCN1C(=O)C(=O)/C(=C(\O)c2ccc3c(c2)CC(C)O3)C1c1cccnc1. The highest BCUT2D eigenvalue weighted by molar-refractivity contribution is 6.46. The molecular formula is C23H24N2O5. The fourth-order valence-corrected chi connectivity index (χ4v) is 4.10. The number of fused-ring (bicyclic) bond motifs is 1. The third-order valence-corrected chi connectivity index (χ3v) is 5.46. The molecule has 1 fully saturated rings. The van der Waals surface area contributed by atoms with E-state index in [2.05, 4.69) is 4.98 Å². The van der Waals surface area contributed by atoms with Crippen molar-refractivity contribution < 1.29 is 24.2 Å². The molecule has 4 rings (SSSR count). The fraction of sp³-hybridized carbons (Fsp3) is 0.348. The average Bonchev–Trinajstić information content (AvgIpc) is 3.25. The Kier molecular flexibility index (Phi) is 5.55. The van der Waals surface area contributed by atoms with Crippen LogP contribution in [0.2, 0.25) is 0 Å². The van der Waals surface area contributed by atoms with E-state index in [1.807, 2.05) is 13.0 Å². The summed E-state index contributed by atoms with van der Waals surface area (Å²) in [6.45, 7) is 2.78. The van der Waals surface area contributed by atoms with Crippen molar-refractivity contribution in [3.8, 4) is 5.75 Å². The summed E-state index contributed by atoms with van der Waals surface area (Å²) in [5.74, 6) is -0.717. The number of benzene rings is 1. The molecule has 1 aromatic heterocycles. The van der Waals surface area contributed by atoms with Crippen molar-refractivity contribution in [3.05, 3.63) is 65.0 Å². The number of ether oxygens (including phenoxy) is 2. The van der Waals surface area contributed by atoms with Gasteiger partial charge in [-0.2, -0.15) is 0 Å². The maximum Gasteiger partial charge on any atom is 0.295 e. The second kappa shape index (κ2) is 8.28. The minimum absolute atomic E-state index is 0.0687. The van der Waals surface area contributed by atoms with Crippen LogP contribution in [-0.2, 0) is 20.7 Å². The van der Waals surface area contributed by atoms with Gasteiger partial charge in [-0.05, 0) is 48.7 Å². The number of hydrogen-bond acceptors (Lipinski definition) is 6. The van der Waals surface area contributed by atoms with E-state index in [1.54, 1.807) is 43.8 Å². The van der Waals surface area contributed by atoms with E-state index in [0.29, 0.717) is 30.7 Å². The zero-order chi connectivity index (χ0) is 21.3. The van der Waals surface area contributed by atoms with Crippen molar-refractivity contribution >= 4 is 17.4 Å². The summed E-state index contributed by atoms with van der Waals surface area (Å²) in [5.41, 5.74) is 2.22. The predicted molar refractivity (Wildman–Crippen MR) is 110 cm³/mol. The highest BCUT2D eigenvalue weighted by atomic mass is 16.5. The lowest BCUT2D eigenvalue weighted by Gasteiger charge is -2.25. The van der Waals surface area contributed by atoms with E-state index in [1.165, 1.54) is 4.90 Å². The van der Waals surface area contributed by atoms with Crippen LogP contribution >= 0.6 is 0 Å². The number of pyridine rings is 1. The fourth-order valence-electron chi connectivity index (χ4n) is 4.10. The van der Waals surface area contributed by atoms with Gasteiger partial charge in [0.2, 0.25) is 0 Å². The Morgan fingerprint density at radius 2 is 2.17 bits per heavy atom. The number of aromatic nitrogens is 1. The largest absolute Gasteiger partial charge is 0.507 e. The second-order valence-corrected chi connectivity index (χ2v) is 7.58. The number of ketones is 1. The number of amides is 1. The van der Waals surface area contributed by atoms with Gasteiger partial charge in [0.1, 0.15) is 17.6 Å². The second-order valence-electron chi connectivity index (χ2n) is 7.58. The normalized spacial score (nSPS) is 22.3. The Bertz CT molecular complexity index is 1000. The summed E-state index contributed by atoms with van der Waals surface area (Å²) >= 11 is 0. The Labute approximate surface area is 174 Å². The quantitative estimate of drug-likeness (QED) is 0.342. The van der Waals surface area contributed by atoms with Crippen LogP contribution in [0, 0.1) is 0 Å². The van der Waals surface area contributed by atoms with Gasteiger partial charge in [-0.3, -0.25) is 14.6 Å². The summed E-state index contributed by atoms with van der Waals surface area (Å²) in [6.07, 6.45) is 4.62. The molecule has 2 aromatic rings. The number of nitrogens with zero attached hydrogens (tertiary/aromatic N) is 2. The van der Waals surface area contributed by atoms with Crippen LogP contribution in [0.1, 0.15) is 36.1 Å². The summed E-state index contributed by atoms with van der Waals surface area (Å²) in [6, 6.07) is 8.19. The average molecular weight is 408 g/mol. The molecule has 0 radical (unpaired) electrons. The number of aliphatic hydroxyl groups excluding tert-OH is 1. The van der Waals surface area contributed by atoms with E-state index in [0.717, 1.165) is 17.7 Å². The number of aliphatic hydroxyl groups is 1. The highest BCUT2D eigenvalue weighted by Gasteiger charge is 2.46. The molecule has 30 heavy (non-hydrogen) atoms. The van der Waals surface area contributed by atoms with Gasteiger partial charge in [-0.15, -0.1) is 0 Å². The Morgan fingerprint density at radius 1 is 1.33 bits per heavy atom. The van der Waals surface area contributed by atoms with Crippen LogP contribution in [-0.4, -0.2) is 53.0 Å². The van der Waals surface area contributed by atoms with E-state index in [4.69, 9.17) is 9.47 Å². The first-order chi connectivity index (χ1) is 14.5. The van der Waals surface area contributed by atoms with E-state index in [-0.39, 0.29) is 17.4 Å². The molecule has 7 heteroatoms.